The number of anilines is 2. The summed E-state index contributed by atoms with van der Waals surface area (Å²) in [5.74, 6) is 0. The van der Waals surface area contributed by atoms with Crippen molar-refractivity contribution in [1.29, 1.82) is 5.26 Å². The van der Waals surface area contributed by atoms with Crippen LogP contribution >= 0.6 is 11.3 Å². The highest BCUT2D eigenvalue weighted by molar-refractivity contribution is 7.14. The number of hydrogen-bond donors (Lipinski definition) is 2. The lowest BCUT2D eigenvalue weighted by Gasteiger charge is -2.05. The second-order valence-electron chi connectivity index (χ2n) is 4.90. The quantitative estimate of drug-likeness (QED) is 0.768. The first kappa shape index (κ1) is 15.0. The molecule has 0 saturated heterocycles. The fraction of sp³-hybridized carbons (Fsp3) is 0.118. The molecular formula is C17H14N4OS. The van der Waals surface area contributed by atoms with Crippen molar-refractivity contribution in [1.82, 2.24) is 9.97 Å². The van der Waals surface area contributed by atoms with Gasteiger partial charge < -0.3 is 10.3 Å². The van der Waals surface area contributed by atoms with Crippen LogP contribution in [0.3, 0.4) is 0 Å². The number of hydrogen-bond acceptors (Lipinski definition) is 5. The molecule has 0 fully saturated rings. The molecule has 2 aromatic heterocycles. The van der Waals surface area contributed by atoms with Crippen LogP contribution in [-0.2, 0) is 6.42 Å². The highest BCUT2D eigenvalue weighted by Gasteiger charge is 2.12. The Hall–Kier alpha value is -2.91. The lowest BCUT2D eigenvalue weighted by molar-refractivity contribution is 1.01. The Labute approximate surface area is 137 Å². The van der Waals surface area contributed by atoms with Crippen LogP contribution in [0.25, 0.3) is 11.3 Å². The van der Waals surface area contributed by atoms with Crippen LogP contribution in [0.15, 0.2) is 46.6 Å². The van der Waals surface area contributed by atoms with E-state index >= 15 is 0 Å². The maximum absolute atomic E-state index is 11.8. The number of aryl methyl sites for hydroxylation is 1. The average Bonchev–Trinajstić information content (AvgIpc) is 3.03. The van der Waals surface area contributed by atoms with Gasteiger partial charge in [0, 0.05) is 22.3 Å². The number of H-pyrrole nitrogens is 1. The van der Waals surface area contributed by atoms with Crippen molar-refractivity contribution in [3.63, 3.8) is 0 Å². The van der Waals surface area contributed by atoms with Crippen LogP contribution in [0.5, 0.6) is 0 Å². The molecule has 2 N–H and O–H groups in total. The van der Waals surface area contributed by atoms with Gasteiger partial charge in [0.25, 0.3) is 5.56 Å². The number of para-hydroxylation sites is 1. The predicted molar refractivity (Wildman–Crippen MR) is 92.0 cm³/mol. The normalized spacial score (nSPS) is 10.3. The van der Waals surface area contributed by atoms with Gasteiger partial charge in [0.2, 0.25) is 0 Å². The first-order valence-electron chi connectivity index (χ1n) is 7.15. The minimum Gasteiger partial charge on any atom is -0.332 e. The fourth-order valence-electron chi connectivity index (χ4n) is 2.26. The number of benzene rings is 1. The molecule has 0 aliphatic rings. The van der Waals surface area contributed by atoms with Crippen LogP contribution < -0.4 is 10.9 Å². The number of aromatic nitrogens is 2. The van der Waals surface area contributed by atoms with E-state index in [0.29, 0.717) is 6.42 Å². The minimum absolute atomic E-state index is 0.0998. The van der Waals surface area contributed by atoms with E-state index in [-0.39, 0.29) is 11.1 Å². The second kappa shape index (κ2) is 6.46. The number of thiazole rings is 1. The van der Waals surface area contributed by atoms with Gasteiger partial charge in [-0.05, 0) is 24.6 Å². The van der Waals surface area contributed by atoms with E-state index in [1.165, 1.54) is 11.3 Å². The third kappa shape index (κ3) is 3.15. The molecule has 0 aliphatic heterocycles. The maximum atomic E-state index is 11.8. The van der Waals surface area contributed by atoms with Crippen molar-refractivity contribution in [2.24, 2.45) is 0 Å². The summed E-state index contributed by atoms with van der Waals surface area (Å²) in [5.41, 5.74) is 3.03. The number of rotatable bonds is 4. The van der Waals surface area contributed by atoms with Gasteiger partial charge in [-0.25, -0.2) is 4.98 Å². The second-order valence-corrected chi connectivity index (χ2v) is 5.76. The molecule has 2 heterocycles. The lowest BCUT2D eigenvalue weighted by Crippen LogP contribution is -2.13. The predicted octanol–water partition coefficient (Wildman–Crippen LogP) is 3.68. The highest BCUT2D eigenvalue weighted by atomic mass is 32.1. The van der Waals surface area contributed by atoms with E-state index < -0.39 is 0 Å². The molecule has 23 heavy (non-hydrogen) atoms. The van der Waals surface area contributed by atoms with Crippen LogP contribution in [0.2, 0.25) is 0 Å². The van der Waals surface area contributed by atoms with Gasteiger partial charge in [0.1, 0.15) is 11.6 Å². The zero-order valence-corrected chi connectivity index (χ0v) is 13.3. The molecule has 6 heteroatoms. The van der Waals surface area contributed by atoms with Gasteiger partial charge in [0.05, 0.1) is 5.69 Å². The summed E-state index contributed by atoms with van der Waals surface area (Å²) in [5, 5.41) is 15.0. The summed E-state index contributed by atoms with van der Waals surface area (Å²) < 4.78 is 0. The molecule has 1 aromatic carbocycles. The number of nitrogens with zero attached hydrogens (tertiary/aromatic N) is 2. The highest BCUT2D eigenvalue weighted by Crippen LogP contribution is 2.28. The Kier molecular flexibility index (Phi) is 4.22. The molecule has 114 valence electrons. The molecule has 0 aliphatic carbocycles. The molecule has 0 atom stereocenters. The molecule has 5 nitrogen and oxygen atoms in total. The van der Waals surface area contributed by atoms with Gasteiger partial charge in [-0.2, -0.15) is 5.26 Å². The van der Waals surface area contributed by atoms with E-state index in [1.54, 1.807) is 6.07 Å². The summed E-state index contributed by atoms with van der Waals surface area (Å²) in [7, 11) is 0. The van der Waals surface area contributed by atoms with Crippen LogP contribution in [0.4, 0.5) is 10.8 Å². The molecule has 0 radical (unpaired) electrons. The molecule has 0 unspecified atom stereocenters. The Balaban J connectivity index is 1.97. The molecule has 0 spiro atoms. The van der Waals surface area contributed by atoms with Gasteiger partial charge in [-0.15, -0.1) is 11.3 Å². The smallest absolute Gasteiger partial charge is 0.266 e. The lowest BCUT2D eigenvalue weighted by atomic mass is 10.1. The fourth-order valence-corrected chi connectivity index (χ4v) is 2.99. The van der Waals surface area contributed by atoms with Gasteiger partial charge in [-0.3, -0.25) is 4.79 Å². The minimum atomic E-state index is -0.356. The van der Waals surface area contributed by atoms with Crippen molar-refractivity contribution in [3.8, 4) is 17.3 Å². The van der Waals surface area contributed by atoms with E-state index in [4.69, 9.17) is 5.26 Å². The number of aromatic amines is 1. The number of nitrogens with one attached hydrogen (secondary N) is 2. The summed E-state index contributed by atoms with van der Waals surface area (Å²) in [6.07, 6.45) is 0.662. The Morgan fingerprint density at radius 1 is 1.35 bits per heavy atom. The van der Waals surface area contributed by atoms with Crippen molar-refractivity contribution in [3.05, 3.63) is 63.4 Å². The largest absolute Gasteiger partial charge is 0.332 e. The van der Waals surface area contributed by atoms with Crippen molar-refractivity contribution >= 4 is 22.2 Å². The van der Waals surface area contributed by atoms with Crippen molar-refractivity contribution in [2.45, 2.75) is 13.3 Å². The van der Waals surface area contributed by atoms with Crippen LogP contribution in [0.1, 0.15) is 18.2 Å². The van der Waals surface area contributed by atoms with Crippen LogP contribution in [0, 0.1) is 11.3 Å². The standard InChI is InChI=1S/C17H14N4OS/c1-2-14-13(8-11(9-18)16(22)20-14)15-10-23-17(21-15)19-12-6-4-3-5-7-12/h3-8,10H,2H2,1H3,(H,19,21)(H,20,22). The topological polar surface area (TPSA) is 81.6 Å². The average molecular weight is 322 g/mol. The van der Waals surface area contributed by atoms with Crippen LogP contribution in [-0.4, -0.2) is 9.97 Å². The van der Waals surface area contributed by atoms with E-state index in [0.717, 1.165) is 27.8 Å². The molecule has 0 bridgehead atoms. The first-order chi connectivity index (χ1) is 11.2. The molecule has 0 saturated carbocycles. The molecular weight excluding hydrogens is 308 g/mol. The van der Waals surface area contributed by atoms with E-state index in [2.05, 4.69) is 15.3 Å². The number of pyridine rings is 1. The Morgan fingerprint density at radius 2 is 2.13 bits per heavy atom. The first-order valence-corrected chi connectivity index (χ1v) is 8.03. The summed E-state index contributed by atoms with van der Waals surface area (Å²) in [4.78, 5) is 19.1. The molecule has 3 aromatic rings. The summed E-state index contributed by atoms with van der Waals surface area (Å²) in [6.45, 7) is 1.95. The zero-order chi connectivity index (χ0) is 16.2. The third-order valence-corrected chi connectivity index (χ3v) is 4.16. The van der Waals surface area contributed by atoms with E-state index in [9.17, 15) is 4.79 Å². The van der Waals surface area contributed by atoms with Crippen molar-refractivity contribution in [2.75, 3.05) is 5.32 Å². The zero-order valence-electron chi connectivity index (χ0n) is 12.5. The monoisotopic (exact) mass is 322 g/mol. The van der Waals surface area contributed by atoms with Crippen molar-refractivity contribution < 1.29 is 0 Å². The summed E-state index contributed by atoms with van der Waals surface area (Å²) in [6, 6.07) is 13.3. The SMILES string of the molecule is CCc1[nH]c(=O)c(C#N)cc1-c1csc(Nc2ccccc2)n1. The van der Waals surface area contributed by atoms with Gasteiger partial charge >= 0.3 is 0 Å². The van der Waals surface area contributed by atoms with Gasteiger partial charge in [0.15, 0.2) is 5.13 Å². The van der Waals surface area contributed by atoms with E-state index in [1.807, 2.05) is 48.7 Å². The third-order valence-electron chi connectivity index (χ3n) is 3.40. The Morgan fingerprint density at radius 3 is 2.83 bits per heavy atom. The molecule has 3 rings (SSSR count). The Bertz CT molecular complexity index is 922. The number of nitriles is 1. The summed E-state index contributed by atoms with van der Waals surface area (Å²) >= 11 is 1.48. The maximum Gasteiger partial charge on any atom is 0.266 e. The molecule has 0 amide bonds. The van der Waals surface area contributed by atoms with Gasteiger partial charge in [-0.1, -0.05) is 25.1 Å².